The Labute approximate surface area is 189 Å². The van der Waals surface area contributed by atoms with Crippen LogP contribution in [0.4, 0.5) is 0 Å². The van der Waals surface area contributed by atoms with E-state index in [4.69, 9.17) is 9.72 Å². The van der Waals surface area contributed by atoms with Crippen molar-refractivity contribution in [3.63, 3.8) is 0 Å². The summed E-state index contributed by atoms with van der Waals surface area (Å²) in [5.74, 6) is 1.21. The highest BCUT2D eigenvalue weighted by Gasteiger charge is 2.35. The Hall–Kier alpha value is -3.20. The molecule has 2 fully saturated rings. The predicted octanol–water partition coefficient (Wildman–Crippen LogP) is 2.83. The van der Waals surface area contributed by atoms with Gasteiger partial charge in [-0.15, -0.1) is 11.3 Å². The zero-order valence-electron chi connectivity index (χ0n) is 17.5. The first-order valence-corrected chi connectivity index (χ1v) is 11.8. The van der Waals surface area contributed by atoms with Crippen LogP contribution in [-0.4, -0.2) is 69.6 Å². The van der Waals surface area contributed by atoms with Crippen molar-refractivity contribution in [2.45, 2.75) is 19.3 Å². The van der Waals surface area contributed by atoms with Crippen LogP contribution >= 0.6 is 11.3 Å². The fourth-order valence-corrected chi connectivity index (χ4v) is 5.38. The van der Waals surface area contributed by atoms with Crippen molar-refractivity contribution in [1.29, 1.82) is 0 Å². The highest BCUT2D eigenvalue weighted by molar-refractivity contribution is 7.14. The molecule has 1 N–H and O–H groups in total. The molecule has 0 radical (unpaired) electrons. The van der Waals surface area contributed by atoms with E-state index in [-0.39, 0.29) is 17.7 Å². The molecular weight excluding hydrogens is 426 g/mol. The van der Waals surface area contributed by atoms with Gasteiger partial charge in [0.15, 0.2) is 5.01 Å². The summed E-state index contributed by atoms with van der Waals surface area (Å²) in [6, 6.07) is 6.05. The number of hydrogen-bond donors (Lipinski definition) is 1. The van der Waals surface area contributed by atoms with Gasteiger partial charge < -0.3 is 14.5 Å². The van der Waals surface area contributed by atoms with Gasteiger partial charge in [0.05, 0.1) is 18.5 Å². The maximum atomic E-state index is 13.2. The number of ether oxygens (including phenoxy) is 1. The summed E-state index contributed by atoms with van der Waals surface area (Å²) >= 11 is 1.46. The van der Waals surface area contributed by atoms with Crippen LogP contribution in [0.15, 0.2) is 30.6 Å². The molecule has 1 aromatic carbocycles. The minimum absolute atomic E-state index is 0.0425. The topological polar surface area (TPSA) is 91.4 Å². The van der Waals surface area contributed by atoms with Gasteiger partial charge in [0, 0.05) is 60.7 Å². The van der Waals surface area contributed by atoms with E-state index in [0.29, 0.717) is 37.8 Å². The van der Waals surface area contributed by atoms with Crippen molar-refractivity contribution in [3.05, 3.63) is 40.5 Å². The van der Waals surface area contributed by atoms with Crippen molar-refractivity contribution in [2.24, 2.45) is 5.92 Å². The van der Waals surface area contributed by atoms with Gasteiger partial charge in [-0.05, 0) is 30.5 Å². The Kier molecular flexibility index (Phi) is 4.71. The summed E-state index contributed by atoms with van der Waals surface area (Å²) in [5, 5.41) is 7.37. The summed E-state index contributed by atoms with van der Waals surface area (Å²) in [4.78, 5) is 35.0. The number of hydrogen-bond acceptors (Lipinski definition) is 6. The molecule has 6 rings (SSSR count). The molecule has 32 heavy (non-hydrogen) atoms. The summed E-state index contributed by atoms with van der Waals surface area (Å²) in [6.45, 7) is 2.90. The molecule has 1 saturated heterocycles. The summed E-state index contributed by atoms with van der Waals surface area (Å²) < 4.78 is 6.01. The lowest BCUT2D eigenvalue weighted by Gasteiger charge is -2.34. The fraction of sp³-hybridized carbons (Fsp3) is 0.391. The molecule has 4 heterocycles. The molecule has 0 bridgehead atoms. The summed E-state index contributed by atoms with van der Waals surface area (Å²) in [7, 11) is 0. The van der Waals surface area contributed by atoms with E-state index in [2.05, 4.69) is 10.2 Å². The number of H-pyrrole nitrogens is 1. The number of benzene rings is 1. The number of aromatic nitrogens is 3. The van der Waals surface area contributed by atoms with Gasteiger partial charge in [-0.25, -0.2) is 4.98 Å². The second-order valence-corrected chi connectivity index (χ2v) is 9.56. The van der Waals surface area contributed by atoms with Crippen molar-refractivity contribution in [2.75, 3.05) is 32.8 Å². The minimum atomic E-state index is -0.0425. The Morgan fingerprint density at radius 2 is 1.91 bits per heavy atom. The quantitative estimate of drug-likeness (QED) is 0.664. The van der Waals surface area contributed by atoms with Crippen LogP contribution in [0.2, 0.25) is 0 Å². The molecule has 164 valence electrons. The lowest BCUT2D eigenvalue weighted by atomic mass is 10.0. The minimum Gasteiger partial charge on any atom is -0.492 e. The smallest absolute Gasteiger partial charge is 0.282 e. The molecule has 2 aliphatic heterocycles. The molecule has 2 amide bonds. The van der Waals surface area contributed by atoms with Crippen molar-refractivity contribution in [1.82, 2.24) is 25.0 Å². The Balaban J connectivity index is 1.22. The molecular formula is C23H23N5O3S. The highest BCUT2D eigenvalue weighted by atomic mass is 32.1. The lowest BCUT2D eigenvalue weighted by Crippen LogP contribution is -2.51. The molecule has 0 atom stereocenters. The number of aromatic amines is 1. The number of carbonyl (C=O) groups excluding carboxylic acids is 2. The Bertz CT molecular complexity index is 1180. The molecule has 3 aromatic rings. The molecule has 0 unspecified atom stereocenters. The second-order valence-electron chi connectivity index (χ2n) is 8.48. The van der Waals surface area contributed by atoms with Crippen LogP contribution in [0.3, 0.4) is 0 Å². The van der Waals surface area contributed by atoms with Crippen molar-refractivity contribution >= 4 is 23.2 Å². The zero-order valence-corrected chi connectivity index (χ0v) is 18.4. The second kappa shape index (κ2) is 7.74. The third-order valence-corrected chi connectivity index (χ3v) is 7.44. The zero-order chi connectivity index (χ0) is 21.7. The number of piperazine rings is 1. The third kappa shape index (κ3) is 3.46. The van der Waals surface area contributed by atoms with Crippen LogP contribution < -0.4 is 4.74 Å². The van der Waals surface area contributed by atoms with Gasteiger partial charge in [-0.2, -0.15) is 5.10 Å². The van der Waals surface area contributed by atoms with Crippen LogP contribution in [-0.2, 0) is 11.2 Å². The normalized spacial score (nSPS) is 17.9. The van der Waals surface area contributed by atoms with E-state index < -0.39 is 0 Å². The van der Waals surface area contributed by atoms with E-state index in [1.807, 2.05) is 34.2 Å². The SMILES string of the molecule is O=C(c1nc2c(s1)CCOc1cc(-c3cn[nH]c3)ccc1-2)N1CCN(C(=O)C2CC2)CC1. The fourth-order valence-electron chi connectivity index (χ4n) is 4.36. The van der Waals surface area contributed by atoms with Gasteiger partial charge in [-0.3, -0.25) is 14.7 Å². The largest absolute Gasteiger partial charge is 0.492 e. The molecule has 0 spiro atoms. The molecule has 3 aliphatic rings. The average Bonchev–Trinajstić information content (AvgIpc) is 3.41. The van der Waals surface area contributed by atoms with Crippen molar-refractivity contribution < 1.29 is 14.3 Å². The van der Waals surface area contributed by atoms with Crippen LogP contribution in [0, 0.1) is 5.92 Å². The Morgan fingerprint density at radius 3 is 2.66 bits per heavy atom. The van der Waals surface area contributed by atoms with Gasteiger partial charge >= 0.3 is 0 Å². The van der Waals surface area contributed by atoms with Crippen LogP contribution in [0.25, 0.3) is 22.4 Å². The highest BCUT2D eigenvalue weighted by Crippen LogP contribution is 2.40. The van der Waals surface area contributed by atoms with Gasteiger partial charge in [0.25, 0.3) is 5.91 Å². The van der Waals surface area contributed by atoms with Crippen molar-refractivity contribution in [3.8, 4) is 28.1 Å². The number of rotatable bonds is 3. The van der Waals surface area contributed by atoms with E-state index in [0.717, 1.165) is 52.3 Å². The predicted molar refractivity (Wildman–Crippen MR) is 120 cm³/mol. The maximum absolute atomic E-state index is 13.2. The maximum Gasteiger partial charge on any atom is 0.282 e. The number of fused-ring (bicyclic) bond motifs is 3. The summed E-state index contributed by atoms with van der Waals surface area (Å²) in [6.07, 6.45) is 6.37. The standard InChI is InChI=1S/C23H23N5O3S/c29-22(14-1-2-14)27-6-8-28(9-7-27)23(30)21-26-20-17-4-3-15(16-12-24-25-13-16)11-18(17)31-10-5-19(20)32-21/h3-4,11-14H,1-2,5-10H2,(H,24,25). The lowest BCUT2D eigenvalue weighted by molar-refractivity contribution is -0.134. The number of thiazole rings is 1. The molecule has 1 aliphatic carbocycles. The number of amides is 2. The Morgan fingerprint density at radius 1 is 1.09 bits per heavy atom. The number of nitrogens with zero attached hydrogens (tertiary/aromatic N) is 4. The number of nitrogens with one attached hydrogen (secondary N) is 1. The van der Waals surface area contributed by atoms with Crippen LogP contribution in [0.1, 0.15) is 27.5 Å². The summed E-state index contributed by atoms with van der Waals surface area (Å²) in [5.41, 5.74) is 3.77. The van der Waals surface area contributed by atoms with E-state index >= 15 is 0 Å². The molecule has 1 saturated carbocycles. The van der Waals surface area contributed by atoms with Gasteiger partial charge in [0.2, 0.25) is 5.91 Å². The molecule has 8 nitrogen and oxygen atoms in total. The van der Waals surface area contributed by atoms with Gasteiger partial charge in [-0.1, -0.05) is 6.07 Å². The van der Waals surface area contributed by atoms with Crippen LogP contribution in [0.5, 0.6) is 5.75 Å². The van der Waals surface area contributed by atoms with E-state index in [9.17, 15) is 9.59 Å². The molecule has 9 heteroatoms. The molecule has 2 aromatic heterocycles. The van der Waals surface area contributed by atoms with Gasteiger partial charge in [0.1, 0.15) is 5.75 Å². The first-order chi connectivity index (χ1) is 15.7. The third-order valence-electron chi connectivity index (χ3n) is 6.34. The average molecular weight is 450 g/mol. The number of carbonyl (C=O) groups is 2. The monoisotopic (exact) mass is 449 g/mol. The first-order valence-electron chi connectivity index (χ1n) is 11.0. The van der Waals surface area contributed by atoms with E-state index in [1.54, 1.807) is 6.20 Å². The van der Waals surface area contributed by atoms with E-state index in [1.165, 1.54) is 11.3 Å². The first kappa shape index (κ1) is 19.5.